The van der Waals surface area contributed by atoms with E-state index in [0.29, 0.717) is 12.2 Å². The van der Waals surface area contributed by atoms with Crippen molar-refractivity contribution in [1.82, 2.24) is 0 Å². The number of unbranched alkanes of at least 4 members (excludes halogenated alkanes) is 1. The maximum absolute atomic E-state index is 8.83. The van der Waals surface area contributed by atoms with Gasteiger partial charge in [-0.1, -0.05) is 24.4 Å². The molecular weight excluding hydrogens is 298 g/mol. The van der Waals surface area contributed by atoms with Crippen LogP contribution in [-0.2, 0) is 0 Å². The van der Waals surface area contributed by atoms with Gasteiger partial charge in [0.05, 0.1) is 0 Å². The minimum atomic E-state index is -1.18. The maximum atomic E-state index is 8.83. The molecule has 1 aromatic carbocycles. The fraction of sp³-hybridized carbons (Fsp3) is 0.625. The van der Waals surface area contributed by atoms with E-state index in [1.54, 1.807) is 0 Å². The standard InChI is InChI=1S/C16H26BClN2O2/c18-14-4-6-15(7-5-14)20-11-8-13(9-12-20)16(19)3-1-2-10-17(21)22/h4-7,13,16,21-22H,1-3,8-12,19H2. The van der Waals surface area contributed by atoms with E-state index < -0.39 is 7.12 Å². The highest BCUT2D eigenvalue weighted by Gasteiger charge is 2.24. The lowest BCUT2D eigenvalue weighted by molar-refractivity contribution is 0.321. The molecule has 4 nitrogen and oxygen atoms in total. The molecule has 1 unspecified atom stereocenters. The van der Waals surface area contributed by atoms with Crippen LogP contribution in [0.5, 0.6) is 0 Å². The minimum absolute atomic E-state index is 0.225. The van der Waals surface area contributed by atoms with Crippen LogP contribution in [0.4, 0.5) is 5.69 Å². The van der Waals surface area contributed by atoms with E-state index >= 15 is 0 Å². The van der Waals surface area contributed by atoms with Gasteiger partial charge in [-0.2, -0.15) is 0 Å². The summed E-state index contributed by atoms with van der Waals surface area (Å²) < 4.78 is 0. The number of rotatable bonds is 7. The lowest BCUT2D eigenvalue weighted by Gasteiger charge is -2.36. The Morgan fingerprint density at radius 1 is 1.18 bits per heavy atom. The van der Waals surface area contributed by atoms with Crippen LogP contribution >= 0.6 is 11.6 Å². The number of anilines is 1. The summed E-state index contributed by atoms with van der Waals surface area (Å²) in [5, 5.41) is 18.4. The largest absolute Gasteiger partial charge is 0.451 e. The van der Waals surface area contributed by atoms with E-state index in [1.807, 2.05) is 12.1 Å². The van der Waals surface area contributed by atoms with Gasteiger partial charge in [-0.05, 0) is 55.8 Å². The molecule has 6 heteroatoms. The van der Waals surface area contributed by atoms with Crippen LogP contribution in [0.2, 0.25) is 11.3 Å². The SMILES string of the molecule is NC(CCCCB(O)O)C1CCN(c2ccc(Cl)cc2)CC1. The Morgan fingerprint density at radius 3 is 2.41 bits per heavy atom. The molecule has 4 N–H and O–H groups in total. The van der Waals surface area contributed by atoms with Crippen molar-refractivity contribution >= 4 is 24.4 Å². The Kier molecular flexibility index (Phi) is 7.02. The van der Waals surface area contributed by atoms with Crippen molar-refractivity contribution in [2.45, 2.75) is 44.5 Å². The topological polar surface area (TPSA) is 69.7 Å². The van der Waals surface area contributed by atoms with Gasteiger partial charge in [0.1, 0.15) is 0 Å². The predicted molar refractivity (Wildman–Crippen MR) is 93.2 cm³/mol. The van der Waals surface area contributed by atoms with Crippen molar-refractivity contribution in [2.75, 3.05) is 18.0 Å². The third kappa shape index (κ3) is 5.47. The van der Waals surface area contributed by atoms with E-state index in [0.717, 1.165) is 50.2 Å². The van der Waals surface area contributed by atoms with E-state index in [-0.39, 0.29) is 6.04 Å². The molecule has 0 saturated carbocycles. The number of halogens is 1. The smallest absolute Gasteiger partial charge is 0.427 e. The third-order valence-corrected chi connectivity index (χ3v) is 4.84. The van der Waals surface area contributed by atoms with E-state index in [2.05, 4.69) is 17.0 Å². The zero-order valence-corrected chi connectivity index (χ0v) is 13.8. The summed E-state index contributed by atoms with van der Waals surface area (Å²) >= 11 is 5.93. The Morgan fingerprint density at radius 2 is 1.82 bits per heavy atom. The van der Waals surface area contributed by atoms with Crippen LogP contribution in [0.25, 0.3) is 0 Å². The fourth-order valence-electron chi connectivity index (χ4n) is 3.18. The highest BCUT2D eigenvalue weighted by molar-refractivity contribution is 6.40. The van der Waals surface area contributed by atoms with Gasteiger partial charge in [-0.3, -0.25) is 0 Å². The summed E-state index contributed by atoms with van der Waals surface area (Å²) in [6.45, 7) is 2.07. The Hall–Kier alpha value is -0.745. The number of benzene rings is 1. The van der Waals surface area contributed by atoms with Crippen molar-refractivity contribution in [1.29, 1.82) is 0 Å². The normalized spacial score (nSPS) is 17.5. The molecule has 22 heavy (non-hydrogen) atoms. The fourth-order valence-corrected chi connectivity index (χ4v) is 3.31. The number of hydrogen-bond acceptors (Lipinski definition) is 4. The highest BCUT2D eigenvalue weighted by atomic mass is 35.5. The Labute approximate surface area is 138 Å². The molecule has 122 valence electrons. The molecule has 1 saturated heterocycles. The zero-order valence-electron chi connectivity index (χ0n) is 13.0. The molecule has 1 atom stereocenters. The number of nitrogens with zero attached hydrogens (tertiary/aromatic N) is 1. The second kappa shape index (κ2) is 8.77. The predicted octanol–water partition coefficient (Wildman–Crippen LogP) is 2.53. The molecule has 0 radical (unpaired) electrons. The van der Waals surface area contributed by atoms with Gasteiger partial charge >= 0.3 is 7.12 Å². The average Bonchev–Trinajstić information content (AvgIpc) is 2.52. The first-order chi connectivity index (χ1) is 10.6. The first-order valence-electron chi connectivity index (χ1n) is 8.18. The molecule has 1 aliphatic heterocycles. The van der Waals surface area contributed by atoms with Gasteiger partial charge in [0.25, 0.3) is 0 Å². The molecule has 0 spiro atoms. The summed E-state index contributed by atoms with van der Waals surface area (Å²) in [4.78, 5) is 2.39. The van der Waals surface area contributed by atoms with Gasteiger partial charge in [-0.15, -0.1) is 0 Å². The second-order valence-corrected chi connectivity index (χ2v) is 6.67. The minimum Gasteiger partial charge on any atom is -0.427 e. The summed E-state index contributed by atoms with van der Waals surface area (Å²) in [6.07, 6.45) is 5.45. The molecule has 0 aliphatic carbocycles. The van der Waals surface area contributed by atoms with Crippen molar-refractivity contribution in [3.8, 4) is 0 Å². The molecule has 1 fully saturated rings. The molecule has 0 bridgehead atoms. The van der Waals surface area contributed by atoms with E-state index in [9.17, 15) is 0 Å². The van der Waals surface area contributed by atoms with Crippen LogP contribution in [0.3, 0.4) is 0 Å². The van der Waals surface area contributed by atoms with Crippen molar-refractivity contribution in [2.24, 2.45) is 11.7 Å². The summed E-state index contributed by atoms with van der Waals surface area (Å²) in [5.74, 6) is 0.572. The van der Waals surface area contributed by atoms with Gasteiger partial charge < -0.3 is 20.7 Å². The summed E-state index contributed by atoms with van der Waals surface area (Å²) in [7, 11) is -1.18. The molecule has 0 amide bonds. The van der Waals surface area contributed by atoms with E-state index in [1.165, 1.54) is 5.69 Å². The van der Waals surface area contributed by atoms with Crippen LogP contribution in [-0.4, -0.2) is 36.3 Å². The lowest BCUT2D eigenvalue weighted by Crippen LogP contribution is -2.41. The van der Waals surface area contributed by atoms with Crippen molar-refractivity contribution in [3.05, 3.63) is 29.3 Å². The zero-order chi connectivity index (χ0) is 15.9. The summed E-state index contributed by atoms with van der Waals surface area (Å²) in [6, 6.07) is 8.24. The quantitative estimate of drug-likeness (QED) is 0.532. The number of hydrogen-bond donors (Lipinski definition) is 3. The lowest BCUT2D eigenvalue weighted by atomic mass is 9.82. The van der Waals surface area contributed by atoms with Crippen molar-refractivity contribution in [3.63, 3.8) is 0 Å². The Bertz CT molecular complexity index is 436. The van der Waals surface area contributed by atoms with Crippen LogP contribution in [0.15, 0.2) is 24.3 Å². The molecule has 1 heterocycles. The Balaban J connectivity index is 1.71. The second-order valence-electron chi connectivity index (χ2n) is 6.23. The van der Waals surface area contributed by atoms with E-state index in [4.69, 9.17) is 27.4 Å². The molecule has 0 aromatic heterocycles. The van der Waals surface area contributed by atoms with Crippen molar-refractivity contribution < 1.29 is 10.0 Å². The first kappa shape index (κ1) is 17.6. The van der Waals surface area contributed by atoms with Gasteiger partial charge in [0.2, 0.25) is 0 Å². The van der Waals surface area contributed by atoms with Crippen LogP contribution in [0.1, 0.15) is 32.1 Å². The van der Waals surface area contributed by atoms with Gasteiger partial charge in [0.15, 0.2) is 0 Å². The maximum Gasteiger partial charge on any atom is 0.451 e. The average molecular weight is 325 g/mol. The highest BCUT2D eigenvalue weighted by Crippen LogP contribution is 2.27. The molecular formula is C16H26BClN2O2. The number of nitrogens with two attached hydrogens (primary N) is 1. The summed E-state index contributed by atoms with van der Waals surface area (Å²) in [5.41, 5.74) is 7.54. The third-order valence-electron chi connectivity index (χ3n) is 4.59. The van der Waals surface area contributed by atoms with Crippen LogP contribution in [0, 0.1) is 5.92 Å². The number of piperidine rings is 1. The van der Waals surface area contributed by atoms with Gasteiger partial charge in [0, 0.05) is 29.8 Å². The van der Waals surface area contributed by atoms with Gasteiger partial charge in [-0.25, -0.2) is 0 Å². The molecule has 1 aliphatic rings. The molecule has 1 aromatic rings. The van der Waals surface area contributed by atoms with Crippen LogP contribution < -0.4 is 10.6 Å². The monoisotopic (exact) mass is 324 g/mol. The first-order valence-corrected chi connectivity index (χ1v) is 8.56. The molecule has 2 rings (SSSR count).